The lowest BCUT2D eigenvalue weighted by Gasteiger charge is -2.31. The molecule has 2 heterocycles. The van der Waals surface area contributed by atoms with Crippen LogP contribution in [0, 0.1) is 19.8 Å². The van der Waals surface area contributed by atoms with Gasteiger partial charge in [0.15, 0.2) is 5.82 Å². The zero-order chi connectivity index (χ0) is 20.2. The summed E-state index contributed by atoms with van der Waals surface area (Å²) in [5.41, 5.74) is 4.07. The molecular weight excluding hydrogens is 364 g/mol. The Kier molecular flexibility index (Phi) is 5.71. The van der Waals surface area contributed by atoms with Gasteiger partial charge in [-0.25, -0.2) is 0 Å². The lowest BCUT2D eigenvalue weighted by atomic mass is 9.97. The van der Waals surface area contributed by atoms with E-state index in [4.69, 9.17) is 4.52 Å². The van der Waals surface area contributed by atoms with Crippen LogP contribution in [-0.4, -0.2) is 34.0 Å². The summed E-state index contributed by atoms with van der Waals surface area (Å²) in [4.78, 5) is 19.5. The smallest absolute Gasteiger partial charge is 0.257 e. The van der Waals surface area contributed by atoms with Gasteiger partial charge < -0.3 is 9.84 Å². The molecule has 0 radical (unpaired) electrons. The first kappa shape index (κ1) is 19.3. The van der Waals surface area contributed by atoms with E-state index in [0.29, 0.717) is 24.8 Å². The highest BCUT2D eigenvalue weighted by Crippen LogP contribution is 2.22. The molecular formula is C23H26N4O2. The van der Waals surface area contributed by atoms with Crippen molar-refractivity contribution >= 4 is 11.6 Å². The second-order valence-electron chi connectivity index (χ2n) is 7.76. The maximum Gasteiger partial charge on any atom is 0.257 e. The molecule has 1 aliphatic heterocycles. The highest BCUT2D eigenvalue weighted by Gasteiger charge is 2.27. The monoisotopic (exact) mass is 390 g/mol. The Hall–Kier alpha value is -2.99. The highest BCUT2D eigenvalue weighted by molar-refractivity contribution is 5.93. The number of piperidine rings is 1. The van der Waals surface area contributed by atoms with Crippen LogP contribution in [0.4, 0.5) is 5.69 Å². The number of aryl methyl sites for hydroxylation is 2. The number of rotatable bonds is 5. The predicted octanol–water partition coefficient (Wildman–Crippen LogP) is 4.20. The van der Waals surface area contributed by atoms with Crippen LogP contribution in [0.2, 0.25) is 0 Å². The number of benzene rings is 2. The molecule has 1 aromatic heterocycles. The van der Waals surface area contributed by atoms with Gasteiger partial charge in [-0.3, -0.25) is 9.69 Å². The molecule has 1 atom stereocenters. The fourth-order valence-corrected chi connectivity index (χ4v) is 3.69. The van der Waals surface area contributed by atoms with Crippen LogP contribution in [-0.2, 0) is 11.3 Å². The minimum atomic E-state index is -0.0353. The quantitative estimate of drug-likeness (QED) is 0.707. The number of aromatic nitrogens is 2. The van der Waals surface area contributed by atoms with Crippen LogP contribution in [0.3, 0.4) is 0 Å². The van der Waals surface area contributed by atoms with Crippen molar-refractivity contribution in [3.63, 3.8) is 0 Å². The van der Waals surface area contributed by atoms with Crippen LogP contribution >= 0.6 is 0 Å². The molecule has 0 bridgehead atoms. The summed E-state index contributed by atoms with van der Waals surface area (Å²) >= 11 is 0. The average molecular weight is 390 g/mol. The van der Waals surface area contributed by atoms with E-state index in [1.54, 1.807) is 0 Å². The average Bonchev–Trinajstić information content (AvgIpc) is 3.19. The molecule has 6 nitrogen and oxygen atoms in total. The van der Waals surface area contributed by atoms with Gasteiger partial charge in [0, 0.05) is 17.8 Å². The van der Waals surface area contributed by atoms with Gasteiger partial charge in [-0.05, 0) is 57.0 Å². The second-order valence-corrected chi connectivity index (χ2v) is 7.76. The van der Waals surface area contributed by atoms with E-state index in [-0.39, 0.29) is 11.8 Å². The summed E-state index contributed by atoms with van der Waals surface area (Å²) in [7, 11) is 0. The summed E-state index contributed by atoms with van der Waals surface area (Å²) in [6.07, 6.45) is 1.88. The Morgan fingerprint density at radius 1 is 1.17 bits per heavy atom. The molecule has 0 unspecified atom stereocenters. The number of likely N-dealkylation sites (tertiary alicyclic amines) is 1. The molecule has 1 N–H and O–H groups in total. The molecule has 1 saturated heterocycles. The van der Waals surface area contributed by atoms with Crippen molar-refractivity contribution in [3.05, 3.63) is 65.5 Å². The van der Waals surface area contributed by atoms with Crippen molar-refractivity contribution in [1.82, 2.24) is 15.0 Å². The molecule has 1 fully saturated rings. The van der Waals surface area contributed by atoms with Crippen LogP contribution < -0.4 is 5.32 Å². The Bertz CT molecular complexity index is 981. The van der Waals surface area contributed by atoms with Gasteiger partial charge in [0.1, 0.15) is 0 Å². The number of amides is 1. The first-order valence-electron chi connectivity index (χ1n) is 10.1. The topological polar surface area (TPSA) is 71.3 Å². The Labute approximate surface area is 170 Å². The number of hydrogen-bond donors (Lipinski definition) is 1. The first-order chi connectivity index (χ1) is 14.1. The third kappa shape index (κ3) is 4.71. The molecule has 29 heavy (non-hydrogen) atoms. The summed E-state index contributed by atoms with van der Waals surface area (Å²) in [6.45, 7) is 6.27. The van der Waals surface area contributed by atoms with E-state index < -0.39 is 0 Å². The Morgan fingerprint density at radius 2 is 1.97 bits per heavy atom. The summed E-state index contributed by atoms with van der Waals surface area (Å²) < 4.78 is 5.43. The van der Waals surface area contributed by atoms with Gasteiger partial charge in [-0.1, -0.05) is 41.1 Å². The van der Waals surface area contributed by atoms with Crippen molar-refractivity contribution in [1.29, 1.82) is 0 Å². The number of nitrogens with one attached hydrogen (secondary N) is 1. The molecule has 0 spiro atoms. The minimum absolute atomic E-state index is 0.0353. The second kappa shape index (κ2) is 8.57. The summed E-state index contributed by atoms with van der Waals surface area (Å²) in [6, 6.07) is 15.9. The molecule has 4 rings (SSSR count). The minimum Gasteiger partial charge on any atom is -0.334 e. The third-order valence-electron chi connectivity index (χ3n) is 5.41. The number of nitrogens with zero attached hydrogens (tertiary/aromatic N) is 3. The van der Waals surface area contributed by atoms with E-state index in [2.05, 4.69) is 20.4 Å². The summed E-state index contributed by atoms with van der Waals surface area (Å²) in [5.74, 6) is 1.23. The van der Waals surface area contributed by atoms with Crippen molar-refractivity contribution < 1.29 is 9.32 Å². The van der Waals surface area contributed by atoms with Gasteiger partial charge >= 0.3 is 0 Å². The number of para-hydroxylation sites is 1. The van der Waals surface area contributed by atoms with Gasteiger partial charge in [0.05, 0.1) is 12.5 Å². The van der Waals surface area contributed by atoms with Crippen molar-refractivity contribution in [3.8, 4) is 11.5 Å². The molecule has 6 heteroatoms. The van der Waals surface area contributed by atoms with E-state index in [1.807, 2.05) is 62.4 Å². The standard InChI is InChI=1S/C23H26N4O2/c1-16-9-11-18(12-10-16)23-25-21(26-29-23)15-27-13-5-7-19(14-27)22(28)24-20-8-4-3-6-17(20)2/h3-4,6,8-12,19H,5,7,13-15H2,1-2H3,(H,24,28)/t19-/m1/s1. The van der Waals surface area contributed by atoms with E-state index in [9.17, 15) is 4.79 Å². The van der Waals surface area contributed by atoms with E-state index in [1.165, 1.54) is 5.56 Å². The van der Waals surface area contributed by atoms with Gasteiger partial charge in [0.2, 0.25) is 5.91 Å². The third-order valence-corrected chi connectivity index (χ3v) is 5.41. The van der Waals surface area contributed by atoms with Gasteiger partial charge in [-0.15, -0.1) is 0 Å². The maximum absolute atomic E-state index is 12.7. The Morgan fingerprint density at radius 3 is 2.76 bits per heavy atom. The van der Waals surface area contributed by atoms with Crippen LogP contribution in [0.1, 0.15) is 29.8 Å². The molecule has 1 aliphatic rings. The largest absolute Gasteiger partial charge is 0.334 e. The number of carbonyl (C=O) groups is 1. The van der Waals surface area contributed by atoms with Crippen LogP contribution in [0.15, 0.2) is 53.1 Å². The SMILES string of the molecule is Cc1ccc(-c2nc(CN3CCC[C@@H](C(=O)Nc4ccccc4C)C3)no2)cc1. The molecule has 3 aromatic rings. The highest BCUT2D eigenvalue weighted by atomic mass is 16.5. The van der Waals surface area contributed by atoms with Crippen molar-refractivity contribution in [2.24, 2.45) is 5.92 Å². The molecule has 0 aliphatic carbocycles. The predicted molar refractivity (Wildman–Crippen MR) is 112 cm³/mol. The normalized spacial score (nSPS) is 17.2. The first-order valence-corrected chi connectivity index (χ1v) is 10.1. The lowest BCUT2D eigenvalue weighted by molar-refractivity contribution is -0.121. The van der Waals surface area contributed by atoms with Crippen LogP contribution in [0.25, 0.3) is 11.5 Å². The number of anilines is 1. The van der Waals surface area contributed by atoms with E-state index >= 15 is 0 Å². The fourth-order valence-electron chi connectivity index (χ4n) is 3.69. The Balaban J connectivity index is 1.37. The summed E-state index contributed by atoms with van der Waals surface area (Å²) in [5, 5.41) is 7.21. The lowest BCUT2D eigenvalue weighted by Crippen LogP contribution is -2.40. The number of carbonyl (C=O) groups excluding carboxylic acids is 1. The van der Waals surface area contributed by atoms with Gasteiger partial charge in [-0.2, -0.15) is 4.98 Å². The van der Waals surface area contributed by atoms with Crippen molar-refractivity contribution in [2.45, 2.75) is 33.2 Å². The molecule has 2 aromatic carbocycles. The zero-order valence-electron chi connectivity index (χ0n) is 16.9. The molecule has 0 saturated carbocycles. The number of hydrogen-bond acceptors (Lipinski definition) is 5. The zero-order valence-corrected chi connectivity index (χ0v) is 16.9. The van der Waals surface area contributed by atoms with Gasteiger partial charge in [0.25, 0.3) is 5.89 Å². The van der Waals surface area contributed by atoms with Crippen molar-refractivity contribution in [2.75, 3.05) is 18.4 Å². The molecule has 1 amide bonds. The fraction of sp³-hybridized carbons (Fsp3) is 0.348. The maximum atomic E-state index is 12.7. The van der Waals surface area contributed by atoms with E-state index in [0.717, 1.165) is 36.2 Å². The molecule has 150 valence electrons. The van der Waals surface area contributed by atoms with Crippen LogP contribution in [0.5, 0.6) is 0 Å².